The van der Waals surface area contributed by atoms with Crippen molar-refractivity contribution in [3.63, 3.8) is 0 Å². The van der Waals surface area contributed by atoms with Crippen LogP contribution in [0, 0.1) is 0 Å². The Morgan fingerprint density at radius 1 is 1.48 bits per heavy atom. The minimum Gasteiger partial charge on any atom is -0.443 e. The van der Waals surface area contributed by atoms with Crippen LogP contribution in [0.5, 0.6) is 0 Å². The molecule has 0 fully saturated rings. The zero-order chi connectivity index (χ0) is 16.3. The average molecular weight is 415 g/mol. The van der Waals surface area contributed by atoms with Gasteiger partial charge in [0.2, 0.25) is 0 Å². The van der Waals surface area contributed by atoms with Crippen molar-refractivity contribution < 1.29 is 35.5 Å². The molecule has 0 bridgehead atoms. The van der Waals surface area contributed by atoms with Gasteiger partial charge in [0.1, 0.15) is 11.5 Å². The summed E-state index contributed by atoms with van der Waals surface area (Å²) in [7, 11) is 1.00. The summed E-state index contributed by atoms with van der Waals surface area (Å²) >= 11 is 2.78. The minimum atomic E-state index is -4.44. The number of hydrogen-bond acceptors (Lipinski definition) is 5. The zero-order valence-corrected chi connectivity index (χ0v) is 13.2. The number of ether oxygens (including phenoxy) is 1. The van der Waals surface area contributed by atoms with Crippen molar-refractivity contribution in [3.05, 3.63) is 16.5 Å². The van der Waals surface area contributed by atoms with Crippen molar-refractivity contribution in [2.24, 2.45) is 0 Å². The van der Waals surface area contributed by atoms with E-state index in [2.05, 4.69) is 26.0 Å². The molecule has 21 heavy (non-hydrogen) atoms. The molecule has 0 aromatic carbocycles. The molecule has 0 atom stereocenters. The molecule has 120 valence electrons. The maximum Gasteiger partial charge on any atom is 0.411 e. The van der Waals surface area contributed by atoms with Gasteiger partial charge in [-0.05, 0) is 15.9 Å². The fraction of sp³-hybridized carbons (Fsp3) is 0.444. The lowest BCUT2D eigenvalue weighted by Gasteiger charge is -2.07. The van der Waals surface area contributed by atoms with Crippen molar-refractivity contribution >= 4 is 41.6 Å². The number of halogens is 5. The predicted octanol–water partition coefficient (Wildman–Crippen LogP) is 2.28. The van der Waals surface area contributed by atoms with Gasteiger partial charge in [0.25, 0.3) is 15.0 Å². The lowest BCUT2D eigenvalue weighted by Crippen LogP contribution is -2.28. The Morgan fingerprint density at radius 3 is 2.57 bits per heavy atom. The number of carbonyl (C=O) groups is 1. The number of furan rings is 1. The molecule has 6 nitrogen and oxygen atoms in total. The van der Waals surface area contributed by atoms with E-state index >= 15 is 0 Å². The van der Waals surface area contributed by atoms with Gasteiger partial charge in [-0.15, -0.1) is 0 Å². The van der Waals surface area contributed by atoms with E-state index in [1.54, 1.807) is 0 Å². The Balaban J connectivity index is 2.50. The zero-order valence-electron chi connectivity index (χ0n) is 10.0. The predicted molar refractivity (Wildman–Crippen MR) is 68.7 cm³/mol. The van der Waals surface area contributed by atoms with Gasteiger partial charge in [0, 0.05) is 23.3 Å². The third-order valence-corrected chi connectivity index (χ3v) is 4.12. The molecule has 0 aliphatic rings. The first-order valence-corrected chi connectivity index (χ1v) is 8.27. The molecule has 1 aromatic rings. The number of carbonyl (C=O) groups excluding carboxylic acids is 1. The summed E-state index contributed by atoms with van der Waals surface area (Å²) in [6.07, 6.45) is -4.44. The number of hydrogen-bond donors (Lipinski definition) is 1. The molecule has 1 aromatic heterocycles. The van der Waals surface area contributed by atoms with E-state index in [-0.39, 0.29) is 23.6 Å². The highest BCUT2D eigenvalue weighted by atomic mass is 79.9. The van der Waals surface area contributed by atoms with Crippen LogP contribution in [0.2, 0.25) is 0 Å². The molecule has 0 radical (unpaired) electrons. The van der Waals surface area contributed by atoms with Crippen molar-refractivity contribution in [3.8, 4) is 0 Å². The number of amides is 1. The van der Waals surface area contributed by atoms with Crippen LogP contribution >= 0.6 is 26.6 Å². The van der Waals surface area contributed by atoms with Gasteiger partial charge in [0.05, 0.1) is 6.61 Å². The fourth-order valence-corrected chi connectivity index (χ4v) is 3.17. The van der Waals surface area contributed by atoms with E-state index in [4.69, 9.17) is 15.1 Å². The van der Waals surface area contributed by atoms with Crippen molar-refractivity contribution in [2.75, 3.05) is 19.8 Å². The molecule has 1 rings (SSSR count). The van der Waals surface area contributed by atoms with E-state index in [0.29, 0.717) is 0 Å². The average Bonchev–Trinajstić information content (AvgIpc) is 2.69. The smallest absolute Gasteiger partial charge is 0.411 e. The molecule has 0 saturated carbocycles. The SMILES string of the molecule is O=C(NCCOCC(F)(F)F)c1cc(S(=O)(=O)Cl)c(Br)o1. The van der Waals surface area contributed by atoms with Gasteiger partial charge in [0.15, 0.2) is 10.4 Å². The van der Waals surface area contributed by atoms with Crippen LogP contribution in [0.1, 0.15) is 10.6 Å². The van der Waals surface area contributed by atoms with Gasteiger partial charge in [-0.1, -0.05) is 0 Å². The van der Waals surface area contributed by atoms with Crippen molar-refractivity contribution in [1.29, 1.82) is 0 Å². The highest BCUT2D eigenvalue weighted by molar-refractivity contribution is 9.10. The Labute approximate surface area is 130 Å². The van der Waals surface area contributed by atoms with Gasteiger partial charge in [-0.2, -0.15) is 13.2 Å². The van der Waals surface area contributed by atoms with Crippen LogP contribution < -0.4 is 5.32 Å². The summed E-state index contributed by atoms with van der Waals surface area (Å²) in [5.74, 6) is -1.19. The highest BCUT2D eigenvalue weighted by Crippen LogP contribution is 2.28. The highest BCUT2D eigenvalue weighted by Gasteiger charge is 2.27. The van der Waals surface area contributed by atoms with Crippen LogP contribution in [0.4, 0.5) is 13.2 Å². The molecule has 0 aliphatic heterocycles. The van der Waals surface area contributed by atoms with E-state index in [1.807, 2.05) is 0 Å². The number of rotatable bonds is 6. The Kier molecular flexibility index (Phi) is 6.08. The quantitative estimate of drug-likeness (QED) is 0.570. The molecular weight excluding hydrogens is 407 g/mol. The first kappa shape index (κ1) is 18.3. The second-order valence-electron chi connectivity index (χ2n) is 3.61. The molecule has 0 aliphatic carbocycles. The monoisotopic (exact) mass is 413 g/mol. The van der Waals surface area contributed by atoms with Gasteiger partial charge >= 0.3 is 6.18 Å². The Bertz CT molecular complexity index is 615. The van der Waals surface area contributed by atoms with Crippen LogP contribution in [0.15, 0.2) is 20.0 Å². The van der Waals surface area contributed by atoms with E-state index < -0.39 is 32.6 Å². The normalized spacial score (nSPS) is 12.4. The second kappa shape index (κ2) is 6.99. The lowest BCUT2D eigenvalue weighted by molar-refractivity contribution is -0.173. The molecule has 1 N–H and O–H groups in total. The summed E-state index contributed by atoms with van der Waals surface area (Å²) < 4.78 is 66.3. The molecule has 12 heteroatoms. The fourth-order valence-electron chi connectivity index (χ4n) is 1.14. The van der Waals surface area contributed by atoms with Crippen molar-refractivity contribution in [1.82, 2.24) is 5.32 Å². The Morgan fingerprint density at radius 2 is 2.10 bits per heavy atom. The van der Waals surface area contributed by atoms with Crippen LogP contribution in [0.3, 0.4) is 0 Å². The molecule has 1 heterocycles. The third kappa shape index (κ3) is 6.24. The summed E-state index contributed by atoms with van der Waals surface area (Å²) in [5, 5.41) is 2.19. The van der Waals surface area contributed by atoms with Gasteiger partial charge in [-0.3, -0.25) is 4.79 Å². The van der Waals surface area contributed by atoms with E-state index in [9.17, 15) is 26.4 Å². The molecular formula is C9H8BrClF3NO5S. The number of nitrogens with one attached hydrogen (secondary N) is 1. The van der Waals surface area contributed by atoms with Gasteiger partial charge in [-0.25, -0.2) is 8.42 Å². The maximum absolute atomic E-state index is 11.8. The van der Waals surface area contributed by atoms with Crippen LogP contribution in [-0.4, -0.2) is 40.3 Å². The van der Waals surface area contributed by atoms with Crippen molar-refractivity contribution in [2.45, 2.75) is 11.1 Å². The molecule has 0 saturated heterocycles. The summed E-state index contributed by atoms with van der Waals surface area (Å²) in [4.78, 5) is 11.1. The summed E-state index contributed by atoms with van der Waals surface area (Å²) in [6.45, 7) is -2.01. The Hall–Kier alpha value is -0.780. The first-order valence-electron chi connectivity index (χ1n) is 5.17. The molecule has 0 spiro atoms. The topological polar surface area (TPSA) is 85.6 Å². The minimum absolute atomic E-state index is 0.212. The van der Waals surface area contributed by atoms with E-state index in [0.717, 1.165) is 6.07 Å². The van der Waals surface area contributed by atoms with Crippen LogP contribution in [-0.2, 0) is 13.8 Å². The molecule has 0 unspecified atom stereocenters. The third-order valence-electron chi connectivity index (χ3n) is 1.94. The first-order chi connectivity index (χ1) is 9.50. The summed E-state index contributed by atoms with van der Waals surface area (Å²) in [6, 6.07) is 0.887. The standard InChI is InChI=1S/C9H8BrClF3NO5S/c10-7-6(21(11,17)18)3-5(20-7)8(16)15-1-2-19-4-9(12,13)14/h3H,1-2,4H2,(H,15,16). The lowest BCUT2D eigenvalue weighted by atomic mass is 10.4. The van der Waals surface area contributed by atoms with E-state index in [1.165, 1.54) is 0 Å². The maximum atomic E-state index is 11.8. The second-order valence-corrected chi connectivity index (χ2v) is 6.86. The summed E-state index contributed by atoms with van der Waals surface area (Å²) in [5.41, 5.74) is 0. The largest absolute Gasteiger partial charge is 0.443 e. The van der Waals surface area contributed by atoms with Crippen LogP contribution in [0.25, 0.3) is 0 Å². The molecule has 1 amide bonds. The van der Waals surface area contributed by atoms with Gasteiger partial charge < -0.3 is 14.5 Å². The number of alkyl halides is 3.